The first-order chi connectivity index (χ1) is 11.9. The highest BCUT2D eigenvalue weighted by Gasteiger charge is 2.49. The number of rotatable bonds is 6. The number of hydrogen-bond acceptors (Lipinski definition) is 4. The zero-order chi connectivity index (χ0) is 17.7. The van der Waals surface area contributed by atoms with E-state index in [-0.39, 0.29) is 0 Å². The molecule has 4 nitrogen and oxygen atoms in total. The molecule has 1 atom stereocenters. The molecule has 2 spiro atoms. The summed E-state index contributed by atoms with van der Waals surface area (Å²) in [6.07, 6.45) is 5.63. The fraction of sp³-hybridized carbons (Fsp3) is 1.00. The maximum atomic E-state index is 2.79. The molecular weight excluding hydrogens is 308 g/mol. The molecule has 4 aliphatic rings. The molecule has 0 aromatic heterocycles. The smallest absolute Gasteiger partial charge is 0.00972 e. The van der Waals surface area contributed by atoms with E-state index >= 15 is 0 Å². The van der Waals surface area contributed by atoms with Crippen LogP contribution in [-0.4, -0.2) is 97.6 Å². The summed E-state index contributed by atoms with van der Waals surface area (Å²) in [5.41, 5.74) is 1.32. The fourth-order valence-corrected chi connectivity index (χ4v) is 6.05. The lowest BCUT2D eigenvalue weighted by Crippen LogP contribution is -2.59. The molecule has 0 saturated carbocycles. The van der Waals surface area contributed by atoms with Crippen molar-refractivity contribution in [1.82, 2.24) is 19.6 Å². The Morgan fingerprint density at radius 2 is 1.44 bits per heavy atom. The van der Waals surface area contributed by atoms with E-state index in [0.29, 0.717) is 10.8 Å². The number of nitrogens with zero attached hydrogens (tertiary/aromatic N) is 4. The molecular formula is C21H40N4. The minimum absolute atomic E-state index is 0.650. The third-order valence-corrected chi connectivity index (χ3v) is 7.74. The van der Waals surface area contributed by atoms with Crippen molar-refractivity contribution >= 4 is 0 Å². The highest BCUT2D eigenvalue weighted by atomic mass is 15.3. The maximum absolute atomic E-state index is 2.79. The van der Waals surface area contributed by atoms with E-state index in [9.17, 15) is 0 Å². The Kier molecular flexibility index (Phi) is 4.94. The Bertz CT molecular complexity index is 465. The van der Waals surface area contributed by atoms with Gasteiger partial charge in [-0.25, -0.2) is 0 Å². The lowest BCUT2D eigenvalue weighted by atomic mass is 9.78. The van der Waals surface area contributed by atoms with Crippen LogP contribution < -0.4 is 0 Å². The van der Waals surface area contributed by atoms with Crippen molar-refractivity contribution in [2.75, 3.05) is 66.0 Å². The Morgan fingerprint density at radius 3 is 2.08 bits per heavy atom. The van der Waals surface area contributed by atoms with Gasteiger partial charge >= 0.3 is 0 Å². The first-order valence-corrected chi connectivity index (χ1v) is 10.8. The van der Waals surface area contributed by atoms with Crippen LogP contribution in [0.3, 0.4) is 0 Å². The van der Waals surface area contributed by atoms with Crippen LogP contribution in [-0.2, 0) is 0 Å². The quantitative estimate of drug-likeness (QED) is 0.729. The minimum atomic E-state index is 0.650. The molecule has 0 aromatic carbocycles. The van der Waals surface area contributed by atoms with Crippen molar-refractivity contribution in [3.8, 4) is 0 Å². The SMILES string of the molecule is CC(C)N1CC2(CCN(C(C)CCCN3CC4(CCN(C)C4)C3)C2)C1. The van der Waals surface area contributed by atoms with Gasteiger partial charge in [-0.1, -0.05) is 0 Å². The van der Waals surface area contributed by atoms with Gasteiger partial charge in [0.15, 0.2) is 0 Å². The van der Waals surface area contributed by atoms with Crippen LogP contribution in [0.1, 0.15) is 46.5 Å². The summed E-state index contributed by atoms with van der Waals surface area (Å²) < 4.78 is 0. The molecule has 25 heavy (non-hydrogen) atoms. The molecule has 4 heteroatoms. The van der Waals surface area contributed by atoms with Gasteiger partial charge in [0, 0.05) is 62.2 Å². The zero-order valence-electron chi connectivity index (χ0n) is 17.1. The summed E-state index contributed by atoms with van der Waals surface area (Å²) in [5, 5.41) is 0. The van der Waals surface area contributed by atoms with E-state index in [0.717, 1.165) is 12.1 Å². The second-order valence-electron chi connectivity index (χ2n) is 10.4. The third-order valence-electron chi connectivity index (χ3n) is 7.74. The van der Waals surface area contributed by atoms with Crippen molar-refractivity contribution in [3.05, 3.63) is 0 Å². The van der Waals surface area contributed by atoms with Crippen LogP contribution in [0.4, 0.5) is 0 Å². The van der Waals surface area contributed by atoms with Crippen LogP contribution in [0.15, 0.2) is 0 Å². The van der Waals surface area contributed by atoms with Crippen LogP contribution >= 0.6 is 0 Å². The second kappa shape index (κ2) is 6.78. The lowest BCUT2D eigenvalue weighted by Gasteiger charge is -2.50. The van der Waals surface area contributed by atoms with Crippen molar-refractivity contribution in [1.29, 1.82) is 0 Å². The molecule has 4 heterocycles. The molecule has 0 radical (unpaired) electrons. The van der Waals surface area contributed by atoms with Crippen LogP contribution in [0, 0.1) is 10.8 Å². The number of hydrogen-bond donors (Lipinski definition) is 0. The van der Waals surface area contributed by atoms with E-state index in [4.69, 9.17) is 0 Å². The van der Waals surface area contributed by atoms with E-state index in [2.05, 4.69) is 47.4 Å². The van der Waals surface area contributed by atoms with E-state index in [1.54, 1.807) is 0 Å². The van der Waals surface area contributed by atoms with Crippen molar-refractivity contribution in [2.45, 2.75) is 58.5 Å². The van der Waals surface area contributed by atoms with Gasteiger partial charge in [-0.3, -0.25) is 9.80 Å². The standard InChI is InChI=1S/C21H40N4/c1-18(2)25-16-21(17-25)8-11-24(15-21)19(3)6-5-9-23-13-20(14-23)7-10-22(4)12-20/h18-19H,5-17H2,1-4H3. The monoisotopic (exact) mass is 348 g/mol. The molecule has 4 rings (SSSR count). The molecule has 0 aliphatic carbocycles. The average Bonchev–Trinajstić information content (AvgIpc) is 3.09. The summed E-state index contributed by atoms with van der Waals surface area (Å²) in [6, 6.07) is 1.51. The van der Waals surface area contributed by atoms with Crippen molar-refractivity contribution in [2.24, 2.45) is 10.8 Å². The Morgan fingerprint density at radius 1 is 0.800 bits per heavy atom. The summed E-state index contributed by atoms with van der Waals surface area (Å²) >= 11 is 0. The predicted octanol–water partition coefficient (Wildman–Crippen LogP) is 2.21. The second-order valence-corrected chi connectivity index (χ2v) is 10.4. The van der Waals surface area contributed by atoms with Gasteiger partial charge in [-0.2, -0.15) is 0 Å². The predicted molar refractivity (Wildman–Crippen MR) is 105 cm³/mol. The normalized spacial score (nSPS) is 31.1. The van der Waals surface area contributed by atoms with Crippen LogP contribution in [0.2, 0.25) is 0 Å². The molecule has 4 aliphatic heterocycles. The summed E-state index contributed by atoms with van der Waals surface area (Å²) in [4.78, 5) is 10.7. The minimum Gasteiger partial charge on any atom is -0.306 e. The maximum Gasteiger partial charge on any atom is 0.00972 e. The molecule has 144 valence electrons. The molecule has 1 unspecified atom stereocenters. The molecule has 0 bridgehead atoms. The first-order valence-electron chi connectivity index (χ1n) is 10.8. The average molecular weight is 349 g/mol. The van der Waals surface area contributed by atoms with Crippen LogP contribution in [0.5, 0.6) is 0 Å². The van der Waals surface area contributed by atoms with E-state index < -0.39 is 0 Å². The number of likely N-dealkylation sites (tertiary alicyclic amines) is 4. The van der Waals surface area contributed by atoms with Gasteiger partial charge in [0.25, 0.3) is 0 Å². The fourth-order valence-electron chi connectivity index (χ4n) is 6.05. The van der Waals surface area contributed by atoms with Crippen molar-refractivity contribution < 1.29 is 0 Å². The highest BCUT2D eigenvalue weighted by Crippen LogP contribution is 2.42. The molecule has 4 saturated heterocycles. The highest BCUT2D eigenvalue weighted by molar-refractivity contribution is 5.03. The van der Waals surface area contributed by atoms with Gasteiger partial charge in [0.1, 0.15) is 0 Å². The van der Waals surface area contributed by atoms with E-state index in [1.807, 2.05) is 0 Å². The molecule has 0 aromatic rings. The Hall–Kier alpha value is -0.160. The largest absolute Gasteiger partial charge is 0.306 e. The van der Waals surface area contributed by atoms with E-state index in [1.165, 1.54) is 84.6 Å². The molecule has 0 N–H and O–H groups in total. The van der Waals surface area contributed by atoms with Gasteiger partial charge in [0.05, 0.1) is 0 Å². The van der Waals surface area contributed by atoms with Gasteiger partial charge in [-0.05, 0) is 73.1 Å². The van der Waals surface area contributed by atoms with Crippen molar-refractivity contribution in [3.63, 3.8) is 0 Å². The Balaban J connectivity index is 1.12. The first kappa shape index (κ1) is 18.2. The van der Waals surface area contributed by atoms with Gasteiger partial charge in [-0.15, -0.1) is 0 Å². The summed E-state index contributed by atoms with van der Waals surface area (Å²) in [7, 11) is 2.28. The topological polar surface area (TPSA) is 13.0 Å². The lowest BCUT2D eigenvalue weighted by molar-refractivity contribution is -0.0171. The third kappa shape index (κ3) is 3.65. The molecule has 4 fully saturated rings. The van der Waals surface area contributed by atoms with Gasteiger partial charge in [0.2, 0.25) is 0 Å². The van der Waals surface area contributed by atoms with Crippen LogP contribution in [0.25, 0.3) is 0 Å². The Labute approximate surface area is 155 Å². The summed E-state index contributed by atoms with van der Waals surface area (Å²) in [6.45, 7) is 19.3. The van der Waals surface area contributed by atoms with Gasteiger partial charge < -0.3 is 9.80 Å². The summed E-state index contributed by atoms with van der Waals surface area (Å²) in [5.74, 6) is 0. The molecule has 0 amide bonds. The zero-order valence-corrected chi connectivity index (χ0v) is 17.1.